The lowest BCUT2D eigenvalue weighted by Gasteiger charge is -2.21. The highest BCUT2D eigenvalue weighted by atomic mass is 79.9. The van der Waals surface area contributed by atoms with Gasteiger partial charge in [-0.3, -0.25) is 4.98 Å². The van der Waals surface area contributed by atoms with Gasteiger partial charge in [-0.15, -0.1) is 0 Å². The number of pyridine rings is 1. The van der Waals surface area contributed by atoms with Gasteiger partial charge < -0.3 is 5.32 Å². The number of anilines is 1. The van der Waals surface area contributed by atoms with E-state index in [-0.39, 0.29) is 0 Å². The largest absolute Gasteiger partial charge is 0.384 e. The number of benzene rings is 1. The van der Waals surface area contributed by atoms with Crippen molar-refractivity contribution in [1.82, 2.24) is 4.98 Å². The number of hydrogen-bond donors (Lipinski definition) is 1. The predicted molar refractivity (Wildman–Crippen MR) is 96.5 cm³/mol. The van der Waals surface area contributed by atoms with E-state index in [1.807, 2.05) is 0 Å². The van der Waals surface area contributed by atoms with Gasteiger partial charge in [-0.05, 0) is 55.9 Å². The molecule has 0 aliphatic rings. The van der Waals surface area contributed by atoms with Crippen LogP contribution in [0.5, 0.6) is 0 Å². The molecule has 3 heteroatoms. The normalized spacial score (nSPS) is 11.4. The first-order chi connectivity index (χ1) is 9.88. The molecule has 0 aliphatic carbocycles. The van der Waals surface area contributed by atoms with Crippen LogP contribution >= 0.6 is 15.9 Å². The van der Waals surface area contributed by atoms with Crippen LogP contribution in [0.1, 0.15) is 55.5 Å². The van der Waals surface area contributed by atoms with Crippen molar-refractivity contribution in [3.63, 3.8) is 0 Å². The van der Waals surface area contributed by atoms with Gasteiger partial charge in [0.05, 0.1) is 5.52 Å². The van der Waals surface area contributed by atoms with Crippen molar-refractivity contribution >= 4 is 32.5 Å². The maximum Gasteiger partial charge on any atom is 0.0732 e. The predicted octanol–water partition coefficient (Wildman–Crippen LogP) is 5.87. The third-order valence-electron chi connectivity index (χ3n) is 3.99. The van der Waals surface area contributed by atoms with Gasteiger partial charge in [-0.2, -0.15) is 0 Å². The quantitative estimate of drug-likeness (QED) is 0.747. The molecule has 0 atom stereocenters. The van der Waals surface area contributed by atoms with E-state index in [0.29, 0.717) is 5.92 Å². The Balaban J connectivity index is 2.88. The number of aromatic nitrogens is 1. The Labute approximate surface area is 136 Å². The highest BCUT2D eigenvalue weighted by molar-refractivity contribution is 9.10. The maximum absolute atomic E-state index is 4.87. The molecule has 0 fully saturated rings. The standard InChI is InChI=1S/C18H25BrN2/c1-7-8-20-18-15(10(2)3)13(6)21-14-9-11(4)17(19)12(5)16(14)18/h9-10H,7-8H2,1-6H3,(H,20,21). The number of fused-ring (bicyclic) bond motifs is 1. The molecule has 1 aromatic carbocycles. The lowest BCUT2D eigenvalue weighted by molar-refractivity contribution is 0.844. The molecule has 0 unspecified atom stereocenters. The monoisotopic (exact) mass is 348 g/mol. The Morgan fingerprint density at radius 1 is 1.24 bits per heavy atom. The molecule has 1 heterocycles. The molecule has 2 nitrogen and oxygen atoms in total. The van der Waals surface area contributed by atoms with E-state index in [4.69, 9.17) is 4.98 Å². The first-order valence-electron chi connectivity index (χ1n) is 7.72. The minimum absolute atomic E-state index is 0.459. The minimum Gasteiger partial charge on any atom is -0.384 e. The molecule has 0 bridgehead atoms. The lowest BCUT2D eigenvalue weighted by Crippen LogP contribution is -2.09. The van der Waals surface area contributed by atoms with Crippen molar-refractivity contribution in [3.05, 3.63) is 32.9 Å². The zero-order valence-corrected chi connectivity index (χ0v) is 15.5. The summed E-state index contributed by atoms with van der Waals surface area (Å²) in [5.74, 6) is 0.459. The number of aryl methyl sites for hydroxylation is 3. The molecule has 0 radical (unpaired) electrons. The molecule has 0 aliphatic heterocycles. The molecule has 114 valence electrons. The maximum atomic E-state index is 4.87. The molecule has 0 saturated carbocycles. The lowest BCUT2D eigenvalue weighted by atomic mass is 9.94. The highest BCUT2D eigenvalue weighted by Gasteiger charge is 2.18. The van der Waals surface area contributed by atoms with Crippen LogP contribution in [0.3, 0.4) is 0 Å². The molecular weight excluding hydrogens is 324 g/mol. The topological polar surface area (TPSA) is 24.9 Å². The summed E-state index contributed by atoms with van der Waals surface area (Å²) in [5.41, 5.74) is 7.36. The van der Waals surface area contributed by atoms with Crippen molar-refractivity contribution in [3.8, 4) is 0 Å². The van der Waals surface area contributed by atoms with E-state index >= 15 is 0 Å². The Kier molecular flexibility index (Phi) is 4.92. The van der Waals surface area contributed by atoms with E-state index in [1.54, 1.807) is 0 Å². The summed E-state index contributed by atoms with van der Waals surface area (Å²) < 4.78 is 1.19. The SMILES string of the molecule is CCCNc1c(C(C)C)c(C)nc2cc(C)c(Br)c(C)c12. The molecule has 2 rings (SSSR count). The van der Waals surface area contributed by atoms with Gasteiger partial charge in [0.2, 0.25) is 0 Å². The minimum atomic E-state index is 0.459. The second-order valence-electron chi connectivity index (χ2n) is 6.09. The summed E-state index contributed by atoms with van der Waals surface area (Å²) in [6.45, 7) is 14.1. The van der Waals surface area contributed by atoms with Crippen LogP contribution in [-0.2, 0) is 0 Å². The first kappa shape index (κ1) is 16.3. The number of nitrogens with one attached hydrogen (secondary N) is 1. The highest BCUT2D eigenvalue weighted by Crippen LogP contribution is 2.38. The smallest absolute Gasteiger partial charge is 0.0732 e. The van der Waals surface area contributed by atoms with Gasteiger partial charge in [0.1, 0.15) is 0 Å². The number of hydrogen-bond acceptors (Lipinski definition) is 2. The van der Waals surface area contributed by atoms with Crippen molar-refractivity contribution in [2.75, 3.05) is 11.9 Å². The summed E-state index contributed by atoms with van der Waals surface area (Å²) >= 11 is 3.73. The van der Waals surface area contributed by atoms with Gasteiger partial charge in [0, 0.05) is 27.8 Å². The number of rotatable bonds is 4. The Morgan fingerprint density at radius 3 is 2.48 bits per heavy atom. The molecule has 0 saturated heterocycles. The van der Waals surface area contributed by atoms with Crippen LogP contribution in [0.2, 0.25) is 0 Å². The van der Waals surface area contributed by atoms with Crippen molar-refractivity contribution < 1.29 is 0 Å². The van der Waals surface area contributed by atoms with E-state index < -0.39 is 0 Å². The van der Waals surface area contributed by atoms with E-state index in [1.165, 1.54) is 32.2 Å². The van der Waals surface area contributed by atoms with E-state index in [2.05, 4.69) is 68.9 Å². The average molecular weight is 349 g/mol. The van der Waals surface area contributed by atoms with Gasteiger partial charge in [-0.1, -0.05) is 36.7 Å². The Hall–Kier alpha value is -1.09. The summed E-state index contributed by atoms with van der Waals surface area (Å²) in [6, 6.07) is 2.18. The van der Waals surface area contributed by atoms with Gasteiger partial charge >= 0.3 is 0 Å². The second-order valence-corrected chi connectivity index (χ2v) is 6.89. The molecule has 1 N–H and O–H groups in total. The molecule has 1 aromatic heterocycles. The molecule has 2 aromatic rings. The third kappa shape index (κ3) is 2.94. The summed E-state index contributed by atoms with van der Waals surface area (Å²) in [6.07, 6.45) is 1.12. The Bertz CT molecular complexity index is 675. The fourth-order valence-corrected chi connectivity index (χ4v) is 3.35. The van der Waals surface area contributed by atoms with Crippen LogP contribution in [0.25, 0.3) is 10.9 Å². The molecule has 0 spiro atoms. The van der Waals surface area contributed by atoms with Gasteiger partial charge in [0.25, 0.3) is 0 Å². The van der Waals surface area contributed by atoms with E-state index in [0.717, 1.165) is 24.2 Å². The zero-order valence-electron chi connectivity index (χ0n) is 13.9. The van der Waals surface area contributed by atoms with Gasteiger partial charge in [-0.25, -0.2) is 0 Å². The summed E-state index contributed by atoms with van der Waals surface area (Å²) in [4.78, 5) is 4.87. The molecule has 21 heavy (non-hydrogen) atoms. The Morgan fingerprint density at radius 2 is 1.90 bits per heavy atom. The van der Waals surface area contributed by atoms with Crippen molar-refractivity contribution in [2.24, 2.45) is 0 Å². The van der Waals surface area contributed by atoms with Crippen molar-refractivity contribution in [2.45, 2.75) is 53.9 Å². The fraction of sp³-hybridized carbons (Fsp3) is 0.500. The van der Waals surface area contributed by atoms with Crippen LogP contribution in [0.15, 0.2) is 10.5 Å². The first-order valence-corrected chi connectivity index (χ1v) is 8.51. The molecule has 0 amide bonds. The van der Waals surface area contributed by atoms with Gasteiger partial charge in [0.15, 0.2) is 0 Å². The van der Waals surface area contributed by atoms with Crippen LogP contribution in [0.4, 0.5) is 5.69 Å². The average Bonchev–Trinajstić information content (AvgIpc) is 2.41. The number of nitrogens with zero attached hydrogens (tertiary/aromatic N) is 1. The van der Waals surface area contributed by atoms with Crippen LogP contribution in [0, 0.1) is 20.8 Å². The number of halogens is 1. The fourth-order valence-electron chi connectivity index (χ4n) is 3.04. The van der Waals surface area contributed by atoms with E-state index in [9.17, 15) is 0 Å². The second kappa shape index (κ2) is 6.35. The van der Waals surface area contributed by atoms with Crippen LogP contribution < -0.4 is 5.32 Å². The third-order valence-corrected chi connectivity index (χ3v) is 5.21. The van der Waals surface area contributed by atoms with Crippen LogP contribution in [-0.4, -0.2) is 11.5 Å². The van der Waals surface area contributed by atoms with Crippen molar-refractivity contribution in [1.29, 1.82) is 0 Å². The zero-order chi connectivity index (χ0) is 15.7. The summed E-state index contributed by atoms with van der Waals surface area (Å²) in [5, 5.41) is 4.91. The molecular formula is C18H25BrN2. The summed E-state index contributed by atoms with van der Waals surface area (Å²) in [7, 11) is 0.